The van der Waals surface area contributed by atoms with Crippen molar-refractivity contribution in [3.8, 4) is 0 Å². The Labute approximate surface area is 159 Å². The van der Waals surface area contributed by atoms with Crippen molar-refractivity contribution in [2.45, 2.75) is 25.3 Å². The molecular formula is C19H25ClFN3O2. The Morgan fingerprint density at radius 2 is 1.54 bits per heavy atom. The van der Waals surface area contributed by atoms with Gasteiger partial charge in [-0.1, -0.05) is 0 Å². The van der Waals surface area contributed by atoms with Gasteiger partial charge in [-0.05, 0) is 55.4 Å². The Bertz CT molecular complexity index is 674. The van der Waals surface area contributed by atoms with Gasteiger partial charge in [0, 0.05) is 37.8 Å². The maximum atomic E-state index is 13.0. The maximum Gasteiger partial charge on any atom is 0.253 e. The van der Waals surface area contributed by atoms with Crippen LogP contribution in [0.25, 0.3) is 0 Å². The summed E-state index contributed by atoms with van der Waals surface area (Å²) >= 11 is 0. The van der Waals surface area contributed by atoms with Gasteiger partial charge in [0.05, 0.1) is 5.92 Å². The molecular weight excluding hydrogens is 357 g/mol. The molecule has 1 saturated heterocycles. The monoisotopic (exact) mass is 381 g/mol. The predicted molar refractivity (Wildman–Crippen MR) is 98.4 cm³/mol. The van der Waals surface area contributed by atoms with E-state index in [1.807, 2.05) is 4.90 Å². The molecule has 4 atom stereocenters. The molecule has 3 fully saturated rings. The van der Waals surface area contributed by atoms with Gasteiger partial charge in [0.25, 0.3) is 5.91 Å². The molecule has 5 nitrogen and oxygen atoms in total. The van der Waals surface area contributed by atoms with Crippen LogP contribution in [0.2, 0.25) is 0 Å². The van der Waals surface area contributed by atoms with E-state index >= 15 is 0 Å². The van der Waals surface area contributed by atoms with Gasteiger partial charge in [-0.15, -0.1) is 12.4 Å². The molecule has 4 unspecified atom stereocenters. The largest absolute Gasteiger partial charge is 0.339 e. The molecule has 142 valence electrons. The molecule has 2 N–H and O–H groups in total. The summed E-state index contributed by atoms with van der Waals surface area (Å²) in [5, 5.41) is 0. The Kier molecular flexibility index (Phi) is 5.53. The molecule has 2 bridgehead atoms. The highest BCUT2D eigenvalue weighted by atomic mass is 35.5. The molecule has 0 radical (unpaired) electrons. The van der Waals surface area contributed by atoms with E-state index in [0.717, 1.165) is 19.3 Å². The molecule has 1 heterocycles. The summed E-state index contributed by atoms with van der Waals surface area (Å²) in [5.74, 6) is 0.649. The highest BCUT2D eigenvalue weighted by molar-refractivity contribution is 5.94. The van der Waals surface area contributed by atoms with E-state index in [1.54, 1.807) is 4.90 Å². The van der Waals surface area contributed by atoms with Crippen LogP contribution in [0.5, 0.6) is 0 Å². The highest BCUT2D eigenvalue weighted by Gasteiger charge is 2.50. The second-order valence-corrected chi connectivity index (χ2v) is 7.56. The Hall–Kier alpha value is -1.66. The van der Waals surface area contributed by atoms with Crippen molar-refractivity contribution >= 4 is 24.2 Å². The molecule has 2 aliphatic carbocycles. The van der Waals surface area contributed by atoms with E-state index in [0.29, 0.717) is 43.6 Å². The molecule has 3 aliphatic rings. The molecule has 2 saturated carbocycles. The van der Waals surface area contributed by atoms with E-state index in [4.69, 9.17) is 5.73 Å². The van der Waals surface area contributed by atoms with Crippen LogP contribution in [0.4, 0.5) is 4.39 Å². The second-order valence-electron chi connectivity index (χ2n) is 7.56. The van der Waals surface area contributed by atoms with Crippen LogP contribution in [-0.2, 0) is 4.79 Å². The number of hydrogen-bond donors (Lipinski definition) is 1. The zero-order valence-corrected chi connectivity index (χ0v) is 15.5. The number of carbonyl (C=O) groups excluding carboxylic acids is 2. The van der Waals surface area contributed by atoms with Crippen LogP contribution < -0.4 is 5.73 Å². The lowest BCUT2D eigenvalue weighted by Gasteiger charge is -2.38. The summed E-state index contributed by atoms with van der Waals surface area (Å²) in [6.45, 7) is 2.12. The minimum absolute atomic E-state index is 0. The summed E-state index contributed by atoms with van der Waals surface area (Å²) in [7, 11) is 0. The fourth-order valence-corrected chi connectivity index (χ4v) is 4.82. The number of rotatable bonds is 2. The van der Waals surface area contributed by atoms with E-state index in [-0.39, 0.29) is 42.0 Å². The number of halogens is 2. The standard InChI is InChI=1S/C19H24FN3O2.ClH/c20-15-5-3-12(4-6-15)18(24)22-7-9-23(10-8-22)19(25)16-13-1-2-14(11-13)17(16)21;/h3-6,13-14,16-17H,1-2,7-11,21H2;1H. The summed E-state index contributed by atoms with van der Waals surface area (Å²) in [6.07, 6.45) is 3.38. The number of nitrogens with two attached hydrogens (primary N) is 1. The van der Waals surface area contributed by atoms with Gasteiger partial charge in [0.2, 0.25) is 5.91 Å². The SMILES string of the molecule is Cl.NC1C2CCC(C2)C1C(=O)N1CCN(C(=O)c2ccc(F)cc2)CC1. The number of piperazine rings is 1. The molecule has 2 amide bonds. The minimum Gasteiger partial charge on any atom is -0.339 e. The molecule has 26 heavy (non-hydrogen) atoms. The molecule has 1 aromatic carbocycles. The van der Waals surface area contributed by atoms with Crippen molar-refractivity contribution < 1.29 is 14.0 Å². The van der Waals surface area contributed by atoms with E-state index in [1.165, 1.54) is 24.3 Å². The van der Waals surface area contributed by atoms with E-state index in [2.05, 4.69) is 0 Å². The molecule has 0 spiro atoms. The second kappa shape index (κ2) is 7.53. The number of nitrogens with zero attached hydrogens (tertiary/aromatic N) is 2. The lowest BCUT2D eigenvalue weighted by Crippen LogP contribution is -2.54. The van der Waals surface area contributed by atoms with Crippen LogP contribution in [0.3, 0.4) is 0 Å². The van der Waals surface area contributed by atoms with Gasteiger partial charge in [0.15, 0.2) is 0 Å². The first-order chi connectivity index (χ1) is 12.0. The van der Waals surface area contributed by atoms with Crippen molar-refractivity contribution in [1.82, 2.24) is 9.80 Å². The van der Waals surface area contributed by atoms with Crippen molar-refractivity contribution in [3.63, 3.8) is 0 Å². The minimum atomic E-state index is -0.353. The average molecular weight is 382 g/mol. The summed E-state index contributed by atoms with van der Waals surface area (Å²) in [5.41, 5.74) is 6.78. The number of fused-ring (bicyclic) bond motifs is 2. The fourth-order valence-electron chi connectivity index (χ4n) is 4.82. The van der Waals surface area contributed by atoms with Crippen LogP contribution in [0.15, 0.2) is 24.3 Å². The normalized spacial score (nSPS) is 30.2. The number of hydrogen-bond acceptors (Lipinski definition) is 3. The van der Waals surface area contributed by atoms with Crippen molar-refractivity contribution in [3.05, 3.63) is 35.6 Å². The van der Waals surface area contributed by atoms with Gasteiger partial charge in [-0.25, -0.2) is 4.39 Å². The number of amides is 2. The van der Waals surface area contributed by atoms with Crippen LogP contribution in [0.1, 0.15) is 29.6 Å². The fraction of sp³-hybridized carbons (Fsp3) is 0.579. The van der Waals surface area contributed by atoms with Gasteiger partial charge in [0.1, 0.15) is 5.82 Å². The van der Waals surface area contributed by atoms with Crippen molar-refractivity contribution in [2.24, 2.45) is 23.5 Å². The van der Waals surface area contributed by atoms with Gasteiger partial charge in [-0.3, -0.25) is 9.59 Å². The third kappa shape index (κ3) is 3.32. The average Bonchev–Trinajstić information content (AvgIpc) is 3.22. The molecule has 1 aliphatic heterocycles. The Morgan fingerprint density at radius 1 is 0.962 bits per heavy atom. The smallest absolute Gasteiger partial charge is 0.253 e. The first kappa shape index (κ1) is 19.1. The van der Waals surface area contributed by atoms with Crippen LogP contribution in [0, 0.1) is 23.6 Å². The zero-order chi connectivity index (χ0) is 17.6. The summed E-state index contributed by atoms with van der Waals surface area (Å²) in [4.78, 5) is 29.0. The summed E-state index contributed by atoms with van der Waals surface area (Å²) in [6, 6.07) is 5.60. The topological polar surface area (TPSA) is 66.6 Å². The third-order valence-electron chi connectivity index (χ3n) is 6.24. The third-order valence-corrected chi connectivity index (χ3v) is 6.24. The quantitative estimate of drug-likeness (QED) is 0.850. The number of benzene rings is 1. The van der Waals surface area contributed by atoms with E-state index < -0.39 is 0 Å². The first-order valence-electron chi connectivity index (χ1n) is 9.14. The maximum absolute atomic E-state index is 13.0. The first-order valence-corrected chi connectivity index (χ1v) is 9.14. The van der Waals surface area contributed by atoms with Gasteiger partial charge < -0.3 is 15.5 Å². The zero-order valence-electron chi connectivity index (χ0n) is 14.6. The van der Waals surface area contributed by atoms with E-state index in [9.17, 15) is 14.0 Å². The lowest BCUT2D eigenvalue weighted by atomic mass is 9.84. The summed E-state index contributed by atoms with van der Waals surface area (Å²) < 4.78 is 13.0. The number of carbonyl (C=O) groups is 2. The Morgan fingerprint density at radius 3 is 2.12 bits per heavy atom. The molecule has 0 aromatic heterocycles. The van der Waals surface area contributed by atoms with Crippen molar-refractivity contribution in [1.29, 1.82) is 0 Å². The molecule has 7 heteroatoms. The predicted octanol–water partition coefficient (Wildman–Crippen LogP) is 1.91. The van der Waals surface area contributed by atoms with Crippen LogP contribution in [-0.4, -0.2) is 53.8 Å². The van der Waals surface area contributed by atoms with Gasteiger partial charge >= 0.3 is 0 Å². The highest BCUT2D eigenvalue weighted by Crippen LogP contribution is 2.48. The van der Waals surface area contributed by atoms with Crippen molar-refractivity contribution in [2.75, 3.05) is 26.2 Å². The Balaban J connectivity index is 0.00000196. The van der Waals surface area contributed by atoms with Gasteiger partial charge in [-0.2, -0.15) is 0 Å². The van der Waals surface area contributed by atoms with Crippen LogP contribution >= 0.6 is 12.4 Å². The lowest BCUT2D eigenvalue weighted by molar-refractivity contribution is -0.139. The molecule has 1 aromatic rings. The molecule has 4 rings (SSSR count).